The first-order valence-electron chi connectivity index (χ1n) is 5.53. The first-order chi connectivity index (χ1) is 7.20. The molecule has 15 heavy (non-hydrogen) atoms. The minimum atomic E-state index is 0.207. The molecule has 0 spiro atoms. The molecule has 0 radical (unpaired) electrons. The quantitative estimate of drug-likeness (QED) is 0.723. The van der Waals surface area contributed by atoms with E-state index < -0.39 is 0 Å². The largest absolute Gasteiger partial charge is 0.311 e. The van der Waals surface area contributed by atoms with Gasteiger partial charge in [0.15, 0.2) is 0 Å². The molecule has 0 aliphatic heterocycles. The first-order valence-corrected chi connectivity index (χ1v) is 6.95. The average molecular weight is 246 g/mol. The molecule has 1 aromatic heterocycles. The molecule has 0 fully saturated rings. The Balaban J connectivity index is 2.28. The van der Waals surface area contributed by atoms with Gasteiger partial charge in [0.05, 0.1) is 0 Å². The monoisotopic (exact) mass is 245 g/mol. The number of hydrogen-bond donors (Lipinski definition) is 1. The van der Waals surface area contributed by atoms with Gasteiger partial charge in [-0.05, 0) is 37.6 Å². The van der Waals surface area contributed by atoms with Gasteiger partial charge in [-0.15, -0.1) is 22.9 Å². The third kappa shape index (κ3) is 4.54. The Morgan fingerprint density at radius 2 is 2.33 bits per heavy atom. The molecule has 3 heteroatoms. The van der Waals surface area contributed by atoms with Crippen LogP contribution < -0.4 is 5.32 Å². The molecule has 1 rings (SSSR count). The van der Waals surface area contributed by atoms with Crippen molar-refractivity contribution in [1.29, 1.82) is 0 Å². The molecule has 1 nitrogen and oxygen atoms in total. The Bertz CT molecular complexity index is 261. The Labute approximate surface area is 102 Å². The fourth-order valence-electron chi connectivity index (χ4n) is 1.54. The van der Waals surface area contributed by atoms with Crippen molar-refractivity contribution < 1.29 is 0 Å². The zero-order valence-corrected chi connectivity index (χ0v) is 11.1. The van der Waals surface area contributed by atoms with Crippen molar-refractivity contribution in [2.75, 3.05) is 12.4 Å². The van der Waals surface area contributed by atoms with Crippen LogP contribution in [0.4, 0.5) is 0 Å². The molecule has 0 amide bonds. The summed E-state index contributed by atoms with van der Waals surface area (Å²) >= 11 is 7.63. The number of hydrogen-bond acceptors (Lipinski definition) is 2. The summed E-state index contributed by atoms with van der Waals surface area (Å²) in [5.74, 6) is 0.732. The van der Waals surface area contributed by atoms with E-state index in [2.05, 4.69) is 36.7 Å². The van der Waals surface area contributed by atoms with Crippen LogP contribution in [0.3, 0.4) is 0 Å². The van der Waals surface area contributed by atoms with Gasteiger partial charge in [0.1, 0.15) is 0 Å². The van der Waals surface area contributed by atoms with E-state index in [-0.39, 0.29) is 5.54 Å². The third-order valence-electron chi connectivity index (χ3n) is 2.93. The van der Waals surface area contributed by atoms with E-state index in [0.29, 0.717) is 0 Å². The van der Waals surface area contributed by atoms with E-state index in [9.17, 15) is 0 Å². The van der Waals surface area contributed by atoms with Crippen LogP contribution in [-0.2, 0) is 6.42 Å². The topological polar surface area (TPSA) is 12.0 Å². The molecule has 0 bridgehead atoms. The molecule has 0 aliphatic carbocycles. The lowest BCUT2D eigenvalue weighted by molar-refractivity contribution is 0.336. The van der Waals surface area contributed by atoms with Crippen LogP contribution in [0.15, 0.2) is 17.5 Å². The van der Waals surface area contributed by atoms with Crippen molar-refractivity contribution >= 4 is 22.9 Å². The second-order valence-corrected chi connectivity index (χ2v) is 5.52. The summed E-state index contributed by atoms with van der Waals surface area (Å²) in [6.45, 7) is 5.51. The number of thiophene rings is 1. The maximum Gasteiger partial charge on any atom is 0.0240 e. The van der Waals surface area contributed by atoms with Crippen LogP contribution in [0.1, 0.15) is 31.6 Å². The summed E-state index contributed by atoms with van der Waals surface area (Å²) in [6, 6.07) is 4.30. The second-order valence-electron chi connectivity index (χ2n) is 4.11. The lowest BCUT2D eigenvalue weighted by Crippen LogP contribution is -2.43. The SMILES string of the molecule is CCC(C)(CCCl)NCCc1cccs1. The molecule has 1 unspecified atom stereocenters. The Morgan fingerprint density at radius 3 is 2.87 bits per heavy atom. The lowest BCUT2D eigenvalue weighted by atomic mass is 9.95. The fourth-order valence-corrected chi connectivity index (χ4v) is 2.67. The average Bonchev–Trinajstić information content (AvgIpc) is 2.71. The molecule has 1 N–H and O–H groups in total. The summed E-state index contributed by atoms with van der Waals surface area (Å²) in [4.78, 5) is 1.45. The Morgan fingerprint density at radius 1 is 1.53 bits per heavy atom. The number of nitrogens with one attached hydrogen (secondary N) is 1. The van der Waals surface area contributed by atoms with E-state index in [1.54, 1.807) is 0 Å². The van der Waals surface area contributed by atoms with Crippen LogP contribution in [0.25, 0.3) is 0 Å². The number of rotatable bonds is 7. The molecule has 86 valence electrons. The van der Waals surface area contributed by atoms with Crippen molar-refractivity contribution in [3.8, 4) is 0 Å². The second kappa shape index (κ2) is 6.51. The molecule has 1 heterocycles. The highest BCUT2D eigenvalue weighted by Crippen LogP contribution is 2.15. The highest BCUT2D eigenvalue weighted by molar-refractivity contribution is 7.09. The standard InChI is InChI=1S/C12H20ClNS/c1-3-12(2,7-8-13)14-9-6-11-5-4-10-15-11/h4-5,10,14H,3,6-9H2,1-2H3. The smallest absolute Gasteiger partial charge is 0.0240 e. The van der Waals surface area contributed by atoms with Gasteiger partial charge in [0.25, 0.3) is 0 Å². The highest BCUT2D eigenvalue weighted by Gasteiger charge is 2.19. The highest BCUT2D eigenvalue weighted by atomic mass is 35.5. The predicted octanol–water partition coefficient (Wildman–Crippen LogP) is 3.68. The summed E-state index contributed by atoms with van der Waals surface area (Å²) in [6.07, 6.45) is 3.29. The zero-order valence-electron chi connectivity index (χ0n) is 9.55. The van der Waals surface area contributed by atoms with Gasteiger partial charge in [-0.1, -0.05) is 13.0 Å². The van der Waals surface area contributed by atoms with Crippen LogP contribution in [0.2, 0.25) is 0 Å². The van der Waals surface area contributed by atoms with Crippen molar-refractivity contribution in [2.45, 2.75) is 38.6 Å². The van der Waals surface area contributed by atoms with E-state index in [4.69, 9.17) is 11.6 Å². The summed E-state index contributed by atoms with van der Waals surface area (Å²) < 4.78 is 0. The van der Waals surface area contributed by atoms with E-state index >= 15 is 0 Å². The van der Waals surface area contributed by atoms with Crippen LogP contribution in [0.5, 0.6) is 0 Å². The Hall–Kier alpha value is -0.0500. The van der Waals surface area contributed by atoms with Crippen molar-refractivity contribution in [1.82, 2.24) is 5.32 Å². The Kier molecular flexibility index (Phi) is 5.65. The van der Waals surface area contributed by atoms with Crippen LogP contribution in [-0.4, -0.2) is 18.0 Å². The number of halogens is 1. The number of alkyl halides is 1. The first kappa shape index (κ1) is 13.0. The van der Waals surface area contributed by atoms with Gasteiger partial charge >= 0.3 is 0 Å². The third-order valence-corrected chi connectivity index (χ3v) is 4.06. The van der Waals surface area contributed by atoms with Crippen LogP contribution in [0, 0.1) is 0 Å². The summed E-state index contributed by atoms with van der Waals surface area (Å²) in [5.41, 5.74) is 0.207. The lowest BCUT2D eigenvalue weighted by Gasteiger charge is -2.29. The van der Waals surface area contributed by atoms with Gasteiger partial charge in [0.2, 0.25) is 0 Å². The molecule has 1 aromatic rings. The molecule has 0 aliphatic rings. The van der Waals surface area contributed by atoms with Gasteiger partial charge in [0, 0.05) is 22.8 Å². The zero-order chi connectivity index (χ0) is 11.1. The van der Waals surface area contributed by atoms with Crippen molar-refractivity contribution in [2.24, 2.45) is 0 Å². The van der Waals surface area contributed by atoms with Crippen molar-refractivity contribution in [3.05, 3.63) is 22.4 Å². The maximum atomic E-state index is 5.81. The van der Waals surface area contributed by atoms with Crippen LogP contribution >= 0.6 is 22.9 Å². The molecule has 0 saturated carbocycles. The predicted molar refractivity (Wildman–Crippen MR) is 70.1 cm³/mol. The van der Waals surface area contributed by atoms with Crippen molar-refractivity contribution in [3.63, 3.8) is 0 Å². The minimum absolute atomic E-state index is 0.207. The molecule has 1 atom stereocenters. The van der Waals surface area contributed by atoms with E-state index in [0.717, 1.165) is 31.7 Å². The molecule has 0 aromatic carbocycles. The normalized spacial score (nSPS) is 15.1. The van der Waals surface area contributed by atoms with E-state index in [1.807, 2.05) is 11.3 Å². The summed E-state index contributed by atoms with van der Waals surface area (Å²) in [7, 11) is 0. The van der Waals surface area contributed by atoms with Gasteiger partial charge in [-0.2, -0.15) is 0 Å². The minimum Gasteiger partial charge on any atom is -0.311 e. The van der Waals surface area contributed by atoms with E-state index in [1.165, 1.54) is 4.88 Å². The van der Waals surface area contributed by atoms with Gasteiger partial charge < -0.3 is 5.32 Å². The molecular weight excluding hydrogens is 226 g/mol. The maximum absolute atomic E-state index is 5.81. The van der Waals surface area contributed by atoms with Gasteiger partial charge in [-0.3, -0.25) is 0 Å². The fraction of sp³-hybridized carbons (Fsp3) is 0.667. The molecule has 0 saturated heterocycles. The summed E-state index contributed by atoms with van der Waals surface area (Å²) in [5, 5.41) is 5.74. The molecular formula is C12H20ClNS. The van der Waals surface area contributed by atoms with Gasteiger partial charge in [-0.25, -0.2) is 0 Å².